The molecule has 0 aromatic heterocycles. The number of carbonyl (C=O) groups excluding carboxylic acids is 1. The molecule has 224 valence electrons. The van der Waals surface area contributed by atoms with Crippen molar-refractivity contribution in [1.82, 2.24) is 0 Å². The number of rotatable bonds is 15. The van der Waals surface area contributed by atoms with E-state index < -0.39 is 61.0 Å². The minimum Gasteiger partial charge on any atom is -0.467 e. The molecule has 0 aliphatic heterocycles. The molecule has 40 heavy (non-hydrogen) atoms. The Bertz CT molecular complexity index is 908. The van der Waals surface area contributed by atoms with Crippen LogP contribution < -0.4 is 0 Å². The van der Waals surface area contributed by atoms with Crippen molar-refractivity contribution in [1.29, 1.82) is 0 Å². The van der Waals surface area contributed by atoms with Gasteiger partial charge < -0.3 is 28.0 Å². The Morgan fingerprint density at radius 3 is 1.85 bits per heavy atom. The molecule has 1 N–H and O–H groups in total. The monoisotopic (exact) mass is 608 g/mol. The molecule has 1 rings (SSSR count). The Labute approximate surface area is 249 Å². The molecule has 0 bridgehead atoms. The first-order chi connectivity index (χ1) is 18.2. The molecule has 0 saturated carbocycles. The molecule has 0 heterocycles. The molecule has 0 aliphatic rings. The molecule has 7 nitrogen and oxygen atoms in total. The number of benzene rings is 1. The van der Waals surface area contributed by atoms with Crippen LogP contribution in [0.2, 0.25) is 36.3 Å². The Balaban J connectivity index is 3.64. The highest BCUT2D eigenvalue weighted by atomic mass is 31.1. The molecule has 0 spiro atoms. The van der Waals surface area contributed by atoms with Crippen molar-refractivity contribution in [2.24, 2.45) is 0 Å². The van der Waals surface area contributed by atoms with Crippen molar-refractivity contribution in [2.45, 2.75) is 128 Å². The van der Waals surface area contributed by atoms with Gasteiger partial charge in [0, 0.05) is 0 Å². The van der Waals surface area contributed by atoms with Crippen LogP contribution in [0.5, 0.6) is 0 Å². The highest BCUT2D eigenvalue weighted by Gasteiger charge is 2.50. The summed E-state index contributed by atoms with van der Waals surface area (Å²) in [6, 6.07) is 9.82. The van der Waals surface area contributed by atoms with Crippen LogP contribution in [0.1, 0.15) is 60.5 Å². The summed E-state index contributed by atoms with van der Waals surface area (Å²) in [5.74, 6) is -0.700. The van der Waals surface area contributed by atoms with Gasteiger partial charge in [0.05, 0.1) is 19.8 Å². The van der Waals surface area contributed by atoms with Gasteiger partial charge in [0.1, 0.15) is 33.4 Å². The van der Waals surface area contributed by atoms with Crippen molar-refractivity contribution in [3.63, 3.8) is 0 Å². The van der Waals surface area contributed by atoms with Gasteiger partial charge in [0.2, 0.25) is 0 Å². The van der Waals surface area contributed by atoms with E-state index in [2.05, 4.69) is 54.6 Å². The fourth-order valence-electron chi connectivity index (χ4n) is 3.59. The number of hydrogen-bond acceptors (Lipinski definition) is 7. The first-order valence-electron chi connectivity index (χ1n) is 13.9. The quantitative estimate of drug-likeness (QED) is 0.143. The highest BCUT2D eigenvalue weighted by Crippen LogP contribution is 2.42. The van der Waals surface area contributed by atoms with Gasteiger partial charge in [-0.2, -0.15) is 0 Å². The van der Waals surface area contributed by atoms with Gasteiger partial charge >= 0.3 is 5.97 Å². The lowest BCUT2D eigenvalue weighted by molar-refractivity contribution is -0.166. The molecule has 1 aromatic carbocycles. The number of hydrogen-bond donors (Lipinski definition) is 1. The summed E-state index contributed by atoms with van der Waals surface area (Å²) < 4.78 is 30.9. The van der Waals surface area contributed by atoms with Crippen molar-refractivity contribution >= 4 is 45.6 Å². The summed E-state index contributed by atoms with van der Waals surface area (Å²) in [6.45, 7) is 23.1. The first kappa shape index (κ1) is 37.5. The third-order valence-electron chi connectivity index (χ3n) is 8.19. The van der Waals surface area contributed by atoms with Gasteiger partial charge in [-0.25, -0.2) is 4.79 Å². The van der Waals surface area contributed by atoms with Crippen molar-refractivity contribution in [3.8, 4) is 0 Å². The number of aliphatic hydroxyl groups excluding tert-OH is 1. The molecular weight excluding hydrogens is 557 g/mol. The Morgan fingerprint density at radius 1 is 0.925 bits per heavy atom. The summed E-state index contributed by atoms with van der Waals surface area (Å²) in [7, 11) is 6.35. The number of carbonyl (C=O) groups is 1. The van der Waals surface area contributed by atoms with Gasteiger partial charge in [-0.1, -0.05) is 86.7 Å². The zero-order valence-electron chi connectivity index (χ0n) is 26.7. The van der Waals surface area contributed by atoms with E-state index in [0.29, 0.717) is 13.0 Å². The standard InChI is InChI=1S/C28H51B2O7PSi2/c1-13-21(34-19-20-17-15-14-16-18-20)23(36-39(9,10)27(2,3)4)24(35-38(29)30)22(31)25(26(32)33-8)37-40(11,12)28(5,6)7/h14-18,21-25,31H,13,19H2,1-12H3/t21-,22-,23?,24-,25-/m0/s1. The average molecular weight is 608 g/mol. The van der Waals surface area contributed by atoms with Gasteiger partial charge in [-0.15, -0.1) is 0 Å². The van der Waals surface area contributed by atoms with E-state index in [0.717, 1.165) is 5.56 Å². The fourth-order valence-corrected chi connectivity index (χ4v) is 6.66. The van der Waals surface area contributed by atoms with Crippen molar-refractivity contribution in [2.75, 3.05) is 7.11 Å². The van der Waals surface area contributed by atoms with Crippen LogP contribution in [0, 0.1) is 0 Å². The van der Waals surface area contributed by atoms with Gasteiger partial charge in [-0.3, -0.25) is 0 Å². The lowest BCUT2D eigenvalue weighted by Gasteiger charge is -2.46. The molecule has 0 amide bonds. The molecular formula is C28H51B2O7PSi2. The van der Waals surface area contributed by atoms with E-state index in [1.807, 2.05) is 50.3 Å². The van der Waals surface area contributed by atoms with E-state index in [-0.39, 0.29) is 10.1 Å². The molecule has 1 unspecified atom stereocenters. The SMILES string of the molecule is [B]P([B])O[C@H](C(O[Si](C)(C)C(C)(C)C)[C@H](CC)OCc1ccccc1)[C@H](O)[C@H](O[Si](C)(C)C(C)(C)C)C(=O)OC. The number of methoxy groups -OCH3 is 1. The molecule has 1 aromatic rings. The van der Waals surface area contributed by atoms with Crippen LogP contribution in [0.3, 0.4) is 0 Å². The molecule has 0 aliphatic carbocycles. The number of esters is 1. The second kappa shape index (κ2) is 15.3. The zero-order valence-corrected chi connectivity index (χ0v) is 29.6. The second-order valence-electron chi connectivity index (χ2n) is 13.3. The van der Waals surface area contributed by atoms with Gasteiger partial charge in [-0.05, 0) is 48.2 Å². The van der Waals surface area contributed by atoms with Crippen molar-refractivity contribution in [3.05, 3.63) is 35.9 Å². The van der Waals surface area contributed by atoms with E-state index >= 15 is 0 Å². The summed E-state index contributed by atoms with van der Waals surface area (Å²) in [5, 5.41) is 11.5. The fraction of sp³-hybridized carbons (Fsp3) is 0.750. The largest absolute Gasteiger partial charge is 0.467 e. The van der Waals surface area contributed by atoms with E-state index in [9.17, 15) is 9.90 Å². The Morgan fingerprint density at radius 2 is 1.43 bits per heavy atom. The smallest absolute Gasteiger partial charge is 0.336 e. The van der Waals surface area contributed by atoms with Gasteiger partial charge in [0.15, 0.2) is 22.7 Å². The summed E-state index contributed by atoms with van der Waals surface area (Å²) in [5.41, 5.74) is 0.999. The van der Waals surface area contributed by atoms with Crippen molar-refractivity contribution < 1.29 is 32.8 Å². The van der Waals surface area contributed by atoms with Crippen LogP contribution in [-0.2, 0) is 34.3 Å². The topological polar surface area (TPSA) is 83.5 Å². The minimum atomic E-state index is -2.54. The normalized spacial score (nSPS) is 17.2. The van der Waals surface area contributed by atoms with Crippen LogP contribution in [0.15, 0.2) is 30.3 Å². The number of aliphatic hydroxyl groups is 1. The van der Waals surface area contributed by atoms with Crippen LogP contribution in [-0.4, -0.2) is 80.5 Å². The van der Waals surface area contributed by atoms with Crippen LogP contribution in [0.25, 0.3) is 0 Å². The predicted octanol–water partition coefficient (Wildman–Crippen LogP) is 6.25. The minimum absolute atomic E-state index is 0.159. The molecule has 4 radical (unpaired) electrons. The zero-order chi connectivity index (χ0) is 31.1. The summed E-state index contributed by atoms with van der Waals surface area (Å²) in [4.78, 5) is 13.1. The van der Waals surface area contributed by atoms with E-state index in [1.165, 1.54) is 7.11 Å². The maximum Gasteiger partial charge on any atom is 0.336 e. The molecule has 5 atom stereocenters. The van der Waals surface area contributed by atoms with Crippen LogP contribution in [0.4, 0.5) is 0 Å². The van der Waals surface area contributed by atoms with Gasteiger partial charge in [0.25, 0.3) is 0 Å². The van der Waals surface area contributed by atoms with Crippen LogP contribution >= 0.6 is 7.91 Å². The third kappa shape index (κ3) is 10.6. The Hall–Kier alpha value is -0.516. The van der Waals surface area contributed by atoms with E-state index in [4.69, 9.17) is 38.0 Å². The maximum absolute atomic E-state index is 13.1. The number of ether oxygens (including phenoxy) is 2. The maximum atomic E-state index is 13.1. The second-order valence-corrected chi connectivity index (χ2v) is 23.8. The lowest BCUT2D eigenvalue weighted by atomic mass is 9.97. The molecule has 0 saturated heterocycles. The molecule has 12 heteroatoms. The van der Waals surface area contributed by atoms with E-state index in [1.54, 1.807) is 0 Å². The summed E-state index contributed by atoms with van der Waals surface area (Å²) >= 11 is 0. The highest BCUT2D eigenvalue weighted by molar-refractivity contribution is 7.97. The predicted molar refractivity (Wildman–Crippen MR) is 171 cm³/mol. The Kier molecular flexibility index (Phi) is 14.3. The average Bonchev–Trinajstić information content (AvgIpc) is 2.83. The summed E-state index contributed by atoms with van der Waals surface area (Å²) in [6.07, 6.45) is -4.68. The molecule has 0 fully saturated rings. The third-order valence-corrected chi connectivity index (χ3v) is 17.6. The first-order valence-corrected chi connectivity index (χ1v) is 21.1. The lowest BCUT2D eigenvalue weighted by Crippen LogP contribution is -2.60.